The highest BCUT2D eigenvalue weighted by Gasteiger charge is 2.19. The van der Waals surface area contributed by atoms with Gasteiger partial charge < -0.3 is 10.2 Å². The molecule has 0 bridgehead atoms. The topological polar surface area (TPSA) is 53.9 Å². The molecule has 0 spiro atoms. The van der Waals surface area contributed by atoms with Crippen LogP contribution in [-0.4, -0.2) is 34.6 Å². The molecule has 2 aliphatic rings. The van der Waals surface area contributed by atoms with E-state index < -0.39 is 0 Å². The van der Waals surface area contributed by atoms with E-state index in [0.29, 0.717) is 11.9 Å². The molecule has 1 saturated carbocycles. The van der Waals surface area contributed by atoms with Crippen LogP contribution in [-0.2, 0) is 0 Å². The number of rotatable bonds is 4. The predicted octanol–water partition coefficient (Wildman–Crippen LogP) is 2.34. The van der Waals surface area contributed by atoms with E-state index in [2.05, 4.69) is 25.2 Å². The highest BCUT2D eigenvalue weighted by Crippen LogP contribution is 2.26. The number of nitrogens with one attached hydrogen (secondary N) is 1. The van der Waals surface area contributed by atoms with E-state index >= 15 is 0 Å². The number of hydrogen-bond donors (Lipinski definition) is 1. The number of aromatic nitrogens is 3. The van der Waals surface area contributed by atoms with Crippen LogP contribution in [0.3, 0.4) is 0 Å². The Morgan fingerprint density at radius 2 is 1.89 bits per heavy atom. The highest BCUT2D eigenvalue weighted by atomic mass is 35.5. The highest BCUT2D eigenvalue weighted by molar-refractivity contribution is 6.28. The lowest BCUT2D eigenvalue weighted by molar-refractivity contribution is 0.333. The van der Waals surface area contributed by atoms with Crippen LogP contribution in [0.2, 0.25) is 5.28 Å². The summed E-state index contributed by atoms with van der Waals surface area (Å²) < 4.78 is 0. The summed E-state index contributed by atoms with van der Waals surface area (Å²) in [5, 5.41) is 3.56. The maximum atomic E-state index is 5.96. The molecule has 18 heavy (non-hydrogen) atoms. The number of anilines is 2. The van der Waals surface area contributed by atoms with Gasteiger partial charge in [-0.05, 0) is 43.2 Å². The molecule has 1 aliphatic carbocycles. The van der Waals surface area contributed by atoms with Crippen molar-refractivity contribution in [3.05, 3.63) is 5.28 Å². The third-order valence-electron chi connectivity index (χ3n) is 3.76. The Labute approximate surface area is 112 Å². The molecule has 5 nitrogen and oxygen atoms in total. The molecule has 0 aromatic carbocycles. The van der Waals surface area contributed by atoms with Crippen LogP contribution < -0.4 is 10.2 Å². The zero-order chi connectivity index (χ0) is 12.4. The lowest BCUT2D eigenvalue weighted by Crippen LogP contribution is -2.24. The second-order valence-corrected chi connectivity index (χ2v) is 5.44. The lowest BCUT2D eigenvalue weighted by Gasteiger charge is -2.25. The monoisotopic (exact) mass is 267 g/mol. The predicted molar refractivity (Wildman–Crippen MR) is 72.1 cm³/mol. The van der Waals surface area contributed by atoms with Crippen molar-refractivity contribution in [2.75, 3.05) is 29.9 Å². The molecule has 0 amide bonds. The fraction of sp³-hybridized carbons (Fsp3) is 0.750. The van der Waals surface area contributed by atoms with Gasteiger partial charge in [-0.3, -0.25) is 0 Å². The summed E-state index contributed by atoms with van der Waals surface area (Å²) in [6.45, 7) is 2.98. The summed E-state index contributed by atoms with van der Waals surface area (Å²) in [6, 6.07) is 0. The second-order valence-electron chi connectivity index (χ2n) is 5.10. The molecule has 6 heteroatoms. The van der Waals surface area contributed by atoms with Gasteiger partial charge in [0.25, 0.3) is 0 Å². The van der Waals surface area contributed by atoms with Gasteiger partial charge in [-0.25, -0.2) is 0 Å². The van der Waals surface area contributed by atoms with Gasteiger partial charge in [0, 0.05) is 19.6 Å². The van der Waals surface area contributed by atoms with Gasteiger partial charge in [0.2, 0.25) is 17.2 Å². The van der Waals surface area contributed by atoms with Crippen molar-refractivity contribution in [3.8, 4) is 0 Å². The fourth-order valence-corrected chi connectivity index (χ4v) is 2.57. The Morgan fingerprint density at radius 1 is 1.11 bits per heavy atom. The normalized spacial score (nSPS) is 19.9. The molecule has 1 N–H and O–H groups in total. The van der Waals surface area contributed by atoms with Crippen LogP contribution in [0.1, 0.15) is 32.1 Å². The van der Waals surface area contributed by atoms with E-state index in [9.17, 15) is 0 Å². The third-order valence-corrected chi connectivity index (χ3v) is 3.93. The number of halogens is 1. The third kappa shape index (κ3) is 2.66. The molecule has 2 heterocycles. The van der Waals surface area contributed by atoms with Crippen LogP contribution in [0.5, 0.6) is 0 Å². The van der Waals surface area contributed by atoms with E-state index in [-0.39, 0.29) is 5.28 Å². The fourth-order valence-electron chi connectivity index (χ4n) is 2.41. The summed E-state index contributed by atoms with van der Waals surface area (Å²) in [4.78, 5) is 15.0. The van der Waals surface area contributed by atoms with Gasteiger partial charge in [0.1, 0.15) is 0 Å². The zero-order valence-electron chi connectivity index (χ0n) is 10.4. The molecule has 2 fully saturated rings. The summed E-state index contributed by atoms with van der Waals surface area (Å²) in [5.41, 5.74) is 0. The van der Waals surface area contributed by atoms with Crippen LogP contribution in [0.25, 0.3) is 0 Å². The Morgan fingerprint density at radius 3 is 2.56 bits per heavy atom. The summed E-state index contributed by atoms with van der Waals surface area (Å²) in [5.74, 6) is 2.10. The van der Waals surface area contributed by atoms with Crippen molar-refractivity contribution < 1.29 is 0 Å². The first-order valence-electron chi connectivity index (χ1n) is 6.71. The minimum Gasteiger partial charge on any atom is -0.354 e. The summed E-state index contributed by atoms with van der Waals surface area (Å²) in [7, 11) is 0. The number of nitrogens with zero attached hydrogens (tertiary/aromatic N) is 4. The Bertz CT molecular complexity index is 415. The van der Waals surface area contributed by atoms with Crippen LogP contribution in [0.15, 0.2) is 0 Å². The van der Waals surface area contributed by atoms with Crippen molar-refractivity contribution in [1.82, 2.24) is 15.0 Å². The van der Waals surface area contributed by atoms with E-state index in [1.165, 1.54) is 32.1 Å². The minimum absolute atomic E-state index is 0.281. The van der Waals surface area contributed by atoms with Crippen molar-refractivity contribution >= 4 is 23.5 Å². The van der Waals surface area contributed by atoms with E-state index in [1.54, 1.807) is 0 Å². The van der Waals surface area contributed by atoms with E-state index in [4.69, 9.17) is 11.6 Å². The summed E-state index contributed by atoms with van der Waals surface area (Å²) >= 11 is 5.96. The van der Waals surface area contributed by atoms with Gasteiger partial charge in [0.05, 0.1) is 0 Å². The minimum atomic E-state index is 0.281. The molecule has 1 aliphatic heterocycles. The molecule has 0 unspecified atom stereocenters. The van der Waals surface area contributed by atoms with Gasteiger partial charge in [0.15, 0.2) is 0 Å². The largest absolute Gasteiger partial charge is 0.354 e. The first kappa shape index (κ1) is 12.0. The lowest BCUT2D eigenvalue weighted by atomic mass is 9.85. The molecular weight excluding hydrogens is 250 g/mol. The molecule has 1 saturated heterocycles. The molecule has 98 valence electrons. The molecule has 1 aromatic rings. The maximum Gasteiger partial charge on any atom is 0.231 e. The number of hydrogen-bond acceptors (Lipinski definition) is 5. The van der Waals surface area contributed by atoms with Crippen molar-refractivity contribution in [2.45, 2.75) is 32.1 Å². The van der Waals surface area contributed by atoms with Crippen LogP contribution in [0, 0.1) is 5.92 Å². The SMILES string of the molecule is Clc1nc(NCC2CCC2)nc(N2CCCC2)n1. The molecular formula is C12H18ClN5. The van der Waals surface area contributed by atoms with Crippen molar-refractivity contribution in [3.63, 3.8) is 0 Å². The molecule has 0 radical (unpaired) electrons. The molecule has 1 aromatic heterocycles. The van der Waals surface area contributed by atoms with E-state index in [1.807, 2.05) is 0 Å². The molecule has 3 rings (SSSR count). The van der Waals surface area contributed by atoms with Crippen LogP contribution in [0.4, 0.5) is 11.9 Å². The quantitative estimate of drug-likeness (QED) is 0.907. The van der Waals surface area contributed by atoms with Gasteiger partial charge in [-0.2, -0.15) is 15.0 Å². The Kier molecular flexibility index (Phi) is 3.50. The van der Waals surface area contributed by atoms with Gasteiger partial charge in [-0.1, -0.05) is 6.42 Å². The first-order valence-corrected chi connectivity index (χ1v) is 7.09. The van der Waals surface area contributed by atoms with Gasteiger partial charge >= 0.3 is 0 Å². The smallest absolute Gasteiger partial charge is 0.231 e. The van der Waals surface area contributed by atoms with Crippen molar-refractivity contribution in [2.24, 2.45) is 5.92 Å². The van der Waals surface area contributed by atoms with Crippen LogP contribution >= 0.6 is 11.6 Å². The second kappa shape index (κ2) is 5.26. The van der Waals surface area contributed by atoms with Crippen molar-refractivity contribution in [1.29, 1.82) is 0 Å². The molecule has 0 atom stereocenters. The zero-order valence-corrected chi connectivity index (χ0v) is 11.2. The average Bonchev–Trinajstić information content (AvgIpc) is 2.79. The Balaban J connectivity index is 1.68. The van der Waals surface area contributed by atoms with Gasteiger partial charge in [-0.15, -0.1) is 0 Å². The maximum absolute atomic E-state index is 5.96. The summed E-state index contributed by atoms with van der Waals surface area (Å²) in [6.07, 6.45) is 6.38. The standard InChI is InChI=1S/C12H18ClN5/c13-10-15-11(14-8-9-4-3-5-9)17-12(16-10)18-6-1-2-7-18/h9H,1-8H2,(H,14,15,16,17). The average molecular weight is 268 g/mol. The first-order chi connectivity index (χ1) is 8.81. The Hall–Kier alpha value is -1.10. The van der Waals surface area contributed by atoms with E-state index in [0.717, 1.165) is 25.6 Å².